The number of benzene rings is 1. The molecule has 0 bridgehead atoms. The van der Waals surface area contributed by atoms with Crippen LogP contribution in [0.15, 0.2) is 24.3 Å². The van der Waals surface area contributed by atoms with E-state index in [1.165, 1.54) is 31.4 Å². The Morgan fingerprint density at radius 3 is 2.14 bits per heavy atom. The Bertz CT molecular complexity index is 424. The fraction of sp³-hybridized carbons (Fsp3) is 0.500. The summed E-state index contributed by atoms with van der Waals surface area (Å²) in [6.07, 6.45) is 4.68. The molecule has 5 nitrogen and oxygen atoms in total. The second-order valence-electron chi connectivity index (χ2n) is 4.36. The molecule has 21 heavy (non-hydrogen) atoms. The quantitative estimate of drug-likeness (QED) is 0.596. The highest BCUT2D eigenvalue weighted by molar-refractivity contribution is 6.02. The van der Waals surface area contributed by atoms with Gasteiger partial charge < -0.3 is 14.9 Å². The van der Waals surface area contributed by atoms with E-state index in [2.05, 4.69) is 6.92 Å². The predicted octanol–water partition coefficient (Wildman–Crippen LogP) is 3.12. The van der Waals surface area contributed by atoms with E-state index in [1.54, 1.807) is 19.1 Å². The fourth-order valence-electron chi connectivity index (χ4n) is 1.60. The van der Waals surface area contributed by atoms with Crippen molar-refractivity contribution in [3.63, 3.8) is 0 Å². The average molecular weight is 296 g/mol. The molecular formula is C16H24O5. The molecule has 0 amide bonds. The zero-order chi connectivity index (χ0) is 16.1. The predicted molar refractivity (Wildman–Crippen MR) is 80.6 cm³/mol. The summed E-state index contributed by atoms with van der Waals surface area (Å²) in [5, 5.41) is 17.1. The molecule has 5 heteroatoms. The lowest BCUT2D eigenvalue weighted by Gasteiger charge is -2.04. The van der Waals surface area contributed by atoms with Crippen molar-refractivity contribution in [3.05, 3.63) is 35.4 Å². The van der Waals surface area contributed by atoms with Gasteiger partial charge in [-0.1, -0.05) is 38.3 Å². The molecule has 118 valence electrons. The van der Waals surface area contributed by atoms with Crippen LogP contribution in [0.25, 0.3) is 0 Å². The Morgan fingerprint density at radius 2 is 1.67 bits per heavy atom. The molecule has 0 aliphatic carbocycles. The van der Waals surface area contributed by atoms with Gasteiger partial charge in [0.2, 0.25) is 0 Å². The third kappa shape index (κ3) is 8.09. The second-order valence-corrected chi connectivity index (χ2v) is 4.36. The summed E-state index contributed by atoms with van der Waals surface area (Å²) in [5.41, 5.74) is 0.0489. The van der Waals surface area contributed by atoms with Crippen LogP contribution in [0.5, 0.6) is 0 Å². The first kappa shape index (κ1) is 19.1. The topological polar surface area (TPSA) is 83.8 Å². The van der Waals surface area contributed by atoms with E-state index >= 15 is 0 Å². The molecule has 0 unspecified atom stereocenters. The highest BCUT2D eigenvalue weighted by Crippen LogP contribution is 2.10. The number of hydrogen-bond donors (Lipinski definition) is 2. The van der Waals surface area contributed by atoms with Crippen molar-refractivity contribution in [2.75, 3.05) is 13.2 Å². The first-order chi connectivity index (χ1) is 10.1. The largest absolute Gasteiger partial charge is 0.478 e. The number of ether oxygens (including phenoxy) is 1. The number of unbranched alkanes of at least 4 members (excludes halogenated alkanes) is 3. The van der Waals surface area contributed by atoms with E-state index < -0.39 is 11.9 Å². The minimum atomic E-state index is -1.13. The van der Waals surface area contributed by atoms with Crippen molar-refractivity contribution in [1.82, 2.24) is 0 Å². The first-order valence-corrected chi connectivity index (χ1v) is 7.18. The lowest BCUT2D eigenvalue weighted by atomic mass is 10.1. The number of carbonyl (C=O) groups is 2. The Morgan fingerprint density at radius 1 is 1.05 bits per heavy atom. The molecule has 1 aromatic carbocycles. The normalized spacial score (nSPS) is 9.48. The molecule has 0 saturated heterocycles. The summed E-state index contributed by atoms with van der Waals surface area (Å²) >= 11 is 0. The Labute approximate surface area is 125 Å². The minimum Gasteiger partial charge on any atom is -0.478 e. The van der Waals surface area contributed by atoms with Crippen LogP contribution in [0, 0.1) is 0 Å². The molecule has 2 N–H and O–H groups in total. The van der Waals surface area contributed by atoms with Crippen molar-refractivity contribution < 1.29 is 24.5 Å². The third-order valence-corrected chi connectivity index (χ3v) is 2.66. The van der Waals surface area contributed by atoms with Gasteiger partial charge in [0.15, 0.2) is 0 Å². The van der Waals surface area contributed by atoms with E-state index in [-0.39, 0.29) is 17.7 Å². The van der Waals surface area contributed by atoms with Gasteiger partial charge >= 0.3 is 11.9 Å². The van der Waals surface area contributed by atoms with Gasteiger partial charge in [0, 0.05) is 6.61 Å². The Kier molecular flexibility index (Phi) is 10.8. The SMILES string of the molecule is CCCCCCO.CCOC(=O)c1ccccc1C(=O)O. The molecule has 0 aliphatic rings. The summed E-state index contributed by atoms with van der Waals surface area (Å²) < 4.78 is 4.72. The zero-order valence-corrected chi connectivity index (χ0v) is 12.7. The molecule has 0 saturated carbocycles. The number of carboxylic acids is 1. The molecular weight excluding hydrogens is 272 g/mol. The van der Waals surface area contributed by atoms with Gasteiger partial charge in [-0.2, -0.15) is 0 Å². The van der Waals surface area contributed by atoms with E-state index in [0.717, 1.165) is 6.42 Å². The van der Waals surface area contributed by atoms with Gasteiger partial charge in [0.05, 0.1) is 17.7 Å². The van der Waals surface area contributed by atoms with Crippen LogP contribution in [-0.2, 0) is 4.74 Å². The van der Waals surface area contributed by atoms with Gasteiger partial charge in [0.1, 0.15) is 0 Å². The zero-order valence-electron chi connectivity index (χ0n) is 12.7. The molecule has 1 aromatic rings. The number of esters is 1. The van der Waals surface area contributed by atoms with E-state index in [0.29, 0.717) is 6.61 Å². The third-order valence-electron chi connectivity index (χ3n) is 2.66. The van der Waals surface area contributed by atoms with Crippen LogP contribution in [0.2, 0.25) is 0 Å². The molecule has 0 fully saturated rings. The number of carboxylic acid groups (broad SMARTS) is 1. The average Bonchev–Trinajstić information content (AvgIpc) is 2.48. The van der Waals surface area contributed by atoms with Gasteiger partial charge in [0.25, 0.3) is 0 Å². The maximum Gasteiger partial charge on any atom is 0.338 e. The smallest absolute Gasteiger partial charge is 0.338 e. The van der Waals surface area contributed by atoms with Gasteiger partial charge in [-0.05, 0) is 25.5 Å². The summed E-state index contributed by atoms with van der Waals surface area (Å²) in [7, 11) is 0. The van der Waals surface area contributed by atoms with Gasteiger partial charge in [-0.3, -0.25) is 0 Å². The number of rotatable bonds is 7. The van der Waals surface area contributed by atoms with Crippen LogP contribution in [0.1, 0.15) is 60.2 Å². The Hall–Kier alpha value is -1.88. The lowest BCUT2D eigenvalue weighted by molar-refractivity contribution is 0.0514. The van der Waals surface area contributed by atoms with Crippen LogP contribution in [0.4, 0.5) is 0 Å². The molecule has 0 atom stereocenters. The number of aliphatic hydroxyl groups is 1. The maximum atomic E-state index is 11.3. The van der Waals surface area contributed by atoms with Crippen LogP contribution < -0.4 is 0 Å². The standard InChI is InChI=1S/C10H10O4.C6H14O/c1-2-14-10(13)8-6-4-3-5-7(8)9(11)12;1-2-3-4-5-6-7/h3-6H,2H2,1H3,(H,11,12);7H,2-6H2,1H3. The Balaban J connectivity index is 0.000000486. The van der Waals surface area contributed by atoms with Crippen LogP contribution >= 0.6 is 0 Å². The van der Waals surface area contributed by atoms with Crippen molar-refractivity contribution in [2.45, 2.75) is 39.5 Å². The van der Waals surface area contributed by atoms with Gasteiger partial charge in [-0.15, -0.1) is 0 Å². The maximum absolute atomic E-state index is 11.3. The van der Waals surface area contributed by atoms with E-state index in [9.17, 15) is 9.59 Å². The van der Waals surface area contributed by atoms with E-state index in [4.69, 9.17) is 14.9 Å². The molecule has 0 spiro atoms. The highest BCUT2D eigenvalue weighted by Gasteiger charge is 2.15. The number of hydrogen-bond acceptors (Lipinski definition) is 4. The molecule has 0 aliphatic heterocycles. The fourth-order valence-corrected chi connectivity index (χ4v) is 1.60. The molecule has 0 heterocycles. The summed E-state index contributed by atoms with van der Waals surface area (Å²) in [5.74, 6) is -1.74. The first-order valence-electron chi connectivity index (χ1n) is 7.18. The summed E-state index contributed by atoms with van der Waals surface area (Å²) in [4.78, 5) is 22.0. The molecule has 0 radical (unpaired) electrons. The molecule has 0 aromatic heterocycles. The lowest BCUT2D eigenvalue weighted by Crippen LogP contribution is -2.11. The summed E-state index contributed by atoms with van der Waals surface area (Å²) in [6, 6.07) is 5.96. The van der Waals surface area contributed by atoms with Crippen LogP contribution in [-0.4, -0.2) is 35.4 Å². The molecule has 1 rings (SSSR count). The van der Waals surface area contributed by atoms with Gasteiger partial charge in [-0.25, -0.2) is 9.59 Å². The second kappa shape index (κ2) is 11.9. The van der Waals surface area contributed by atoms with Crippen molar-refractivity contribution >= 4 is 11.9 Å². The summed E-state index contributed by atoms with van der Waals surface area (Å²) in [6.45, 7) is 4.42. The van der Waals surface area contributed by atoms with Crippen molar-refractivity contribution in [2.24, 2.45) is 0 Å². The van der Waals surface area contributed by atoms with Crippen LogP contribution in [0.3, 0.4) is 0 Å². The van der Waals surface area contributed by atoms with E-state index in [1.807, 2.05) is 0 Å². The minimum absolute atomic E-state index is 0.0362. The number of aromatic carboxylic acids is 1. The van der Waals surface area contributed by atoms with Crippen molar-refractivity contribution in [1.29, 1.82) is 0 Å². The highest BCUT2D eigenvalue weighted by atomic mass is 16.5. The van der Waals surface area contributed by atoms with Crippen molar-refractivity contribution in [3.8, 4) is 0 Å². The monoisotopic (exact) mass is 296 g/mol. The number of carbonyl (C=O) groups excluding carboxylic acids is 1. The number of aliphatic hydroxyl groups excluding tert-OH is 1.